The molecule has 1 aromatic heterocycles. The van der Waals surface area contributed by atoms with E-state index in [4.69, 9.17) is 12.2 Å². The van der Waals surface area contributed by atoms with E-state index >= 15 is 0 Å². The van der Waals surface area contributed by atoms with Crippen LogP contribution in [0.5, 0.6) is 0 Å². The average Bonchev–Trinajstić information content (AvgIpc) is 2.42. The minimum Gasteiger partial charge on any atom is -0.332 e. The minimum absolute atomic E-state index is 0.259. The third-order valence-electron chi connectivity index (χ3n) is 2.25. The number of aromatic nitrogens is 1. The lowest BCUT2D eigenvalue weighted by Gasteiger charge is -2.09. The lowest BCUT2D eigenvalue weighted by atomic mass is 10.3. The molecule has 0 spiro atoms. The van der Waals surface area contributed by atoms with E-state index in [1.54, 1.807) is 18.3 Å². The Hall–Kier alpha value is -1.54. The van der Waals surface area contributed by atoms with E-state index < -0.39 is 0 Å². The largest absolute Gasteiger partial charge is 0.332 e. The number of amides is 1. The molecule has 96 valence electrons. The van der Waals surface area contributed by atoms with Gasteiger partial charge in [-0.15, -0.1) is 0 Å². The van der Waals surface area contributed by atoms with Crippen LogP contribution in [0.4, 0.5) is 5.69 Å². The Labute approximate surface area is 129 Å². The molecule has 0 fully saturated rings. The molecular formula is C13H10IN3OS. The number of thiocarbonyl (C=S) groups is 1. The van der Waals surface area contributed by atoms with Gasteiger partial charge < -0.3 is 5.32 Å². The number of anilines is 1. The summed E-state index contributed by atoms with van der Waals surface area (Å²) in [5, 5.41) is 5.80. The van der Waals surface area contributed by atoms with E-state index in [1.165, 1.54) is 6.20 Å². The molecule has 1 amide bonds. The van der Waals surface area contributed by atoms with Gasteiger partial charge in [-0.2, -0.15) is 0 Å². The first-order valence-electron chi connectivity index (χ1n) is 5.43. The Balaban J connectivity index is 1.95. The summed E-state index contributed by atoms with van der Waals surface area (Å²) in [7, 11) is 0. The molecule has 0 bridgehead atoms. The zero-order valence-corrected chi connectivity index (χ0v) is 12.7. The molecular weight excluding hydrogens is 373 g/mol. The smallest absolute Gasteiger partial charge is 0.258 e. The zero-order valence-electron chi connectivity index (χ0n) is 9.76. The molecule has 0 saturated carbocycles. The zero-order chi connectivity index (χ0) is 13.7. The molecule has 19 heavy (non-hydrogen) atoms. The monoisotopic (exact) mass is 383 g/mol. The van der Waals surface area contributed by atoms with E-state index in [1.807, 2.05) is 24.3 Å². The van der Waals surface area contributed by atoms with E-state index in [0.717, 1.165) is 9.26 Å². The molecule has 0 aliphatic carbocycles. The highest BCUT2D eigenvalue weighted by Gasteiger charge is 2.07. The summed E-state index contributed by atoms with van der Waals surface area (Å²) in [4.78, 5) is 15.7. The lowest BCUT2D eigenvalue weighted by Crippen LogP contribution is -2.34. The minimum atomic E-state index is -0.281. The summed E-state index contributed by atoms with van der Waals surface area (Å²) < 4.78 is 1.13. The number of carbonyl (C=O) groups excluding carboxylic acids is 1. The molecule has 1 aromatic carbocycles. The van der Waals surface area contributed by atoms with Gasteiger partial charge in [0.15, 0.2) is 5.11 Å². The number of pyridine rings is 1. The van der Waals surface area contributed by atoms with Crippen molar-refractivity contribution in [3.05, 3.63) is 57.9 Å². The highest BCUT2D eigenvalue weighted by Crippen LogP contribution is 2.10. The molecule has 2 N–H and O–H groups in total. The number of hydrogen-bond acceptors (Lipinski definition) is 3. The van der Waals surface area contributed by atoms with E-state index in [9.17, 15) is 4.79 Å². The Bertz CT molecular complexity index is 587. The molecule has 2 aromatic rings. The fourth-order valence-corrected chi connectivity index (χ4v) is 1.94. The average molecular weight is 383 g/mol. The normalized spacial score (nSPS) is 9.74. The first-order chi connectivity index (χ1) is 9.15. The topological polar surface area (TPSA) is 54.0 Å². The fraction of sp³-hybridized carbons (Fsp3) is 0. The maximum absolute atomic E-state index is 11.8. The van der Waals surface area contributed by atoms with Crippen molar-refractivity contribution in [2.24, 2.45) is 0 Å². The maximum Gasteiger partial charge on any atom is 0.258 e. The van der Waals surface area contributed by atoms with Crippen LogP contribution in [0.3, 0.4) is 0 Å². The van der Waals surface area contributed by atoms with Gasteiger partial charge in [-0.3, -0.25) is 15.1 Å². The third-order valence-corrected chi connectivity index (χ3v) is 3.18. The maximum atomic E-state index is 11.8. The number of halogens is 1. The summed E-state index contributed by atoms with van der Waals surface area (Å²) in [5.74, 6) is -0.281. The second-order valence-corrected chi connectivity index (χ2v) is 5.31. The molecule has 4 nitrogen and oxygen atoms in total. The van der Waals surface area contributed by atoms with Gasteiger partial charge in [0.05, 0.1) is 5.56 Å². The third kappa shape index (κ3) is 4.25. The number of rotatable bonds is 2. The Morgan fingerprint density at radius 1 is 1.21 bits per heavy atom. The summed E-state index contributed by atoms with van der Waals surface area (Å²) in [6.07, 6.45) is 3.10. The van der Waals surface area contributed by atoms with Gasteiger partial charge >= 0.3 is 0 Å². The number of benzene rings is 1. The lowest BCUT2D eigenvalue weighted by molar-refractivity contribution is 0.0977. The molecule has 0 radical (unpaired) electrons. The van der Waals surface area contributed by atoms with Crippen LogP contribution in [0.25, 0.3) is 0 Å². The Morgan fingerprint density at radius 2 is 1.95 bits per heavy atom. The number of nitrogens with one attached hydrogen (secondary N) is 2. The highest BCUT2D eigenvalue weighted by molar-refractivity contribution is 14.1. The van der Waals surface area contributed by atoms with Crippen LogP contribution in [0.1, 0.15) is 10.4 Å². The molecule has 0 atom stereocenters. The van der Waals surface area contributed by atoms with Crippen molar-refractivity contribution in [2.45, 2.75) is 0 Å². The van der Waals surface area contributed by atoms with E-state index in [2.05, 4.69) is 38.2 Å². The number of hydrogen-bond donors (Lipinski definition) is 2. The van der Waals surface area contributed by atoms with Crippen molar-refractivity contribution < 1.29 is 4.79 Å². The van der Waals surface area contributed by atoms with Crippen LogP contribution in [0, 0.1) is 3.57 Å². The molecule has 2 rings (SSSR count). The van der Waals surface area contributed by atoms with Crippen LogP contribution in [-0.4, -0.2) is 16.0 Å². The van der Waals surface area contributed by atoms with Gasteiger partial charge in [-0.05, 0) is 71.2 Å². The predicted octanol–water partition coefficient (Wildman–Crippen LogP) is 2.81. The molecule has 1 heterocycles. The van der Waals surface area contributed by atoms with Crippen LogP contribution < -0.4 is 10.6 Å². The molecule has 0 unspecified atom stereocenters. The first-order valence-corrected chi connectivity index (χ1v) is 6.92. The molecule has 0 aliphatic heterocycles. The standard InChI is InChI=1S/C13H10IN3OS/c14-10-3-5-11(6-4-10)16-13(19)17-12(18)9-2-1-7-15-8-9/h1-8H,(H2,16,17,18,19). The Kier molecular flexibility index (Phi) is 4.80. The summed E-state index contributed by atoms with van der Waals surface area (Å²) in [6, 6.07) is 11.1. The molecule has 0 aliphatic rings. The summed E-state index contributed by atoms with van der Waals surface area (Å²) in [5.41, 5.74) is 1.30. The Morgan fingerprint density at radius 3 is 2.58 bits per heavy atom. The number of carbonyl (C=O) groups is 1. The van der Waals surface area contributed by atoms with Crippen LogP contribution in [0.2, 0.25) is 0 Å². The second-order valence-electron chi connectivity index (χ2n) is 3.66. The number of nitrogens with zero attached hydrogens (tertiary/aromatic N) is 1. The SMILES string of the molecule is O=C(NC(=S)Nc1ccc(I)cc1)c1cccnc1. The van der Waals surface area contributed by atoms with Crippen molar-refractivity contribution in [2.75, 3.05) is 5.32 Å². The van der Waals surface area contributed by atoms with Gasteiger partial charge in [-0.1, -0.05) is 0 Å². The van der Waals surface area contributed by atoms with Crippen LogP contribution in [0.15, 0.2) is 48.8 Å². The molecule has 6 heteroatoms. The van der Waals surface area contributed by atoms with Gasteiger partial charge in [0.2, 0.25) is 0 Å². The highest BCUT2D eigenvalue weighted by atomic mass is 127. The van der Waals surface area contributed by atoms with Gasteiger partial charge in [0.25, 0.3) is 5.91 Å². The van der Waals surface area contributed by atoms with Gasteiger partial charge in [0.1, 0.15) is 0 Å². The quantitative estimate of drug-likeness (QED) is 0.619. The first kappa shape index (κ1) is 13.9. The van der Waals surface area contributed by atoms with E-state index in [-0.39, 0.29) is 11.0 Å². The van der Waals surface area contributed by atoms with Crippen LogP contribution >= 0.6 is 34.8 Å². The summed E-state index contributed by atoms with van der Waals surface area (Å²) in [6.45, 7) is 0. The molecule has 0 saturated heterocycles. The fourth-order valence-electron chi connectivity index (χ4n) is 1.37. The second kappa shape index (κ2) is 6.58. The van der Waals surface area contributed by atoms with Crippen molar-refractivity contribution in [3.8, 4) is 0 Å². The van der Waals surface area contributed by atoms with Crippen molar-refractivity contribution in [1.29, 1.82) is 0 Å². The van der Waals surface area contributed by atoms with E-state index in [0.29, 0.717) is 5.56 Å². The van der Waals surface area contributed by atoms with Crippen molar-refractivity contribution in [1.82, 2.24) is 10.3 Å². The van der Waals surface area contributed by atoms with Gasteiger partial charge in [0, 0.05) is 21.7 Å². The van der Waals surface area contributed by atoms with Crippen LogP contribution in [-0.2, 0) is 0 Å². The summed E-state index contributed by atoms with van der Waals surface area (Å²) >= 11 is 7.30. The predicted molar refractivity (Wildman–Crippen MR) is 87.1 cm³/mol. The van der Waals surface area contributed by atoms with Gasteiger partial charge in [-0.25, -0.2) is 0 Å². The van der Waals surface area contributed by atoms with Crippen molar-refractivity contribution in [3.63, 3.8) is 0 Å². The van der Waals surface area contributed by atoms with Crippen molar-refractivity contribution >= 4 is 51.5 Å².